The topological polar surface area (TPSA) is 115 Å². The third kappa shape index (κ3) is 5.44. The molecule has 0 aliphatic heterocycles. The van der Waals surface area contributed by atoms with Gasteiger partial charge in [0, 0.05) is 36.5 Å². The van der Waals surface area contributed by atoms with Crippen LogP contribution in [0.1, 0.15) is 29.2 Å². The van der Waals surface area contributed by atoms with Gasteiger partial charge >= 0.3 is 5.97 Å². The van der Waals surface area contributed by atoms with E-state index in [-0.39, 0.29) is 18.9 Å². The lowest BCUT2D eigenvalue weighted by molar-refractivity contribution is -0.136. The van der Waals surface area contributed by atoms with E-state index in [1.807, 2.05) is 42.5 Å². The fourth-order valence-electron chi connectivity index (χ4n) is 3.85. The molecule has 0 saturated carbocycles. The van der Waals surface area contributed by atoms with Crippen molar-refractivity contribution in [1.82, 2.24) is 5.32 Å². The molecule has 4 aromatic rings. The predicted molar refractivity (Wildman–Crippen MR) is 129 cm³/mol. The van der Waals surface area contributed by atoms with Crippen molar-refractivity contribution in [2.45, 2.75) is 33.0 Å². The van der Waals surface area contributed by atoms with Crippen LogP contribution in [0.25, 0.3) is 22.1 Å². The van der Waals surface area contributed by atoms with Gasteiger partial charge in [-0.15, -0.1) is 0 Å². The molecule has 1 heterocycles. The lowest BCUT2D eigenvalue weighted by Gasteiger charge is -2.14. The Bertz CT molecular complexity index is 1340. The molecule has 1 amide bonds. The number of carboxylic acids is 1. The summed E-state index contributed by atoms with van der Waals surface area (Å²) in [5.74, 6) is -0.609. The van der Waals surface area contributed by atoms with Crippen molar-refractivity contribution in [3.05, 3.63) is 89.2 Å². The Morgan fingerprint density at radius 1 is 1.03 bits per heavy atom. The van der Waals surface area contributed by atoms with Gasteiger partial charge in [-0.3, -0.25) is 9.59 Å². The molecule has 7 nitrogen and oxygen atoms in total. The Morgan fingerprint density at radius 3 is 2.65 bits per heavy atom. The number of fused-ring (bicyclic) bond motifs is 1. The van der Waals surface area contributed by atoms with Gasteiger partial charge in [-0.05, 0) is 52.6 Å². The average molecular weight is 459 g/mol. The van der Waals surface area contributed by atoms with Gasteiger partial charge in [0.05, 0.1) is 12.7 Å². The Balaban J connectivity index is 1.64. The van der Waals surface area contributed by atoms with Crippen LogP contribution in [0.2, 0.25) is 0 Å². The van der Waals surface area contributed by atoms with Gasteiger partial charge in [0.1, 0.15) is 17.9 Å². The van der Waals surface area contributed by atoms with Gasteiger partial charge in [-0.2, -0.15) is 0 Å². The van der Waals surface area contributed by atoms with Gasteiger partial charge in [0.25, 0.3) is 0 Å². The number of rotatable bonds is 9. The summed E-state index contributed by atoms with van der Waals surface area (Å²) in [6.45, 7) is 2.46. The van der Waals surface area contributed by atoms with Gasteiger partial charge < -0.3 is 25.3 Å². The standard InChI is InChI=1S/C27H26N2O5/c1-17(30)29-15-19-5-6-22(13-26(31)32)25(12-19)34-16-20-10-23-7-8-33-27(23)24(11-20)21-4-2-3-18(9-21)14-28/h2-12H,13-16,28H2,1H3,(H,29,30)(H,31,32). The van der Waals surface area contributed by atoms with Crippen LogP contribution in [-0.4, -0.2) is 17.0 Å². The maximum atomic E-state index is 11.3. The smallest absolute Gasteiger partial charge is 0.307 e. The number of nitrogens with two attached hydrogens (primary N) is 1. The zero-order chi connectivity index (χ0) is 24.1. The quantitative estimate of drug-likeness (QED) is 0.342. The van der Waals surface area contributed by atoms with Crippen LogP contribution in [0.5, 0.6) is 5.75 Å². The number of aliphatic carboxylic acids is 1. The Kier molecular flexibility index (Phi) is 6.94. The third-order valence-electron chi connectivity index (χ3n) is 5.49. The molecule has 0 fully saturated rings. The van der Waals surface area contributed by atoms with Crippen molar-refractivity contribution in [3.63, 3.8) is 0 Å². The Morgan fingerprint density at radius 2 is 1.88 bits per heavy atom. The zero-order valence-corrected chi connectivity index (χ0v) is 18.8. The molecule has 0 radical (unpaired) electrons. The molecular weight excluding hydrogens is 432 g/mol. The number of hydrogen-bond acceptors (Lipinski definition) is 5. The SMILES string of the molecule is CC(=O)NCc1ccc(CC(=O)O)c(OCc2cc(-c3cccc(CN)c3)c3occc3c2)c1. The van der Waals surface area contributed by atoms with Crippen molar-refractivity contribution in [1.29, 1.82) is 0 Å². The summed E-state index contributed by atoms with van der Waals surface area (Å²) in [4.78, 5) is 22.6. The first-order valence-corrected chi connectivity index (χ1v) is 10.9. The summed E-state index contributed by atoms with van der Waals surface area (Å²) in [6.07, 6.45) is 1.50. The molecule has 1 aromatic heterocycles. The predicted octanol–water partition coefficient (Wildman–Crippen LogP) is 4.40. The number of furan rings is 1. The van der Waals surface area contributed by atoms with E-state index in [0.717, 1.165) is 38.8 Å². The molecule has 4 N–H and O–H groups in total. The molecule has 0 aliphatic carbocycles. The number of benzene rings is 3. The first-order valence-electron chi connectivity index (χ1n) is 10.9. The van der Waals surface area contributed by atoms with E-state index in [4.69, 9.17) is 14.9 Å². The summed E-state index contributed by atoms with van der Waals surface area (Å²) < 4.78 is 11.9. The highest BCUT2D eigenvalue weighted by Crippen LogP contribution is 2.32. The van der Waals surface area contributed by atoms with Gasteiger partial charge in [-0.25, -0.2) is 0 Å². The molecule has 0 bridgehead atoms. The van der Waals surface area contributed by atoms with Crippen LogP contribution in [0.3, 0.4) is 0 Å². The zero-order valence-electron chi connectivity index (χ0n) is 18.8. The molecule has 0 aliphatic rings. The molecule has 3 aromatic carbocycles. The van der Waals surface area contributed by atoms with Crippen LogP contribution < -0.4 is 15.8 Å². The van der Waals surface area contributed by atoms with E-state index >= 15 is 0 Å². The van der Waals surface area contributed by atoms with E-state index < -0.39 is 5.97 Å². The minimum Gasteiger partial charge on any atom is -0.489 e. The second kappa shape index (κ2) is 10.2. The van der Waals surface area contributed by atoms with E-state index in [2.05, 4.69) is 5.32 Å². The lowest BCUT2D eigenvalue weighted by atomic mass is 9.99. The van der Waals surface area contributed by atoms with Crippen LogP contribution in [0, 0.1) is 0 Å². The first kappa shape index (κ1) is 23.1. The van der Waals surface area contributed by atoms with E-state index in [1.165, 1.54) is 6.92 Å². The number of amides is 1. The molecule has 0 spiro atoms. The number of carboxylic acid groups (broad SMARTS) is 1. The highest BCUT2D eigenvalue weighted by Gasteiger charge is 2.13. The number of carbonyl (C=O) groups is 2. The minimum atomic E-state index is -0.943. The van der Waals surface area contributed by atoms with Crippen LogP contribution in [0.15, 0.2) is 71.3 Å². The second-order valence-corrected chi connectivity index (χ2v) is 8.10. The number of nitrogens with one attached hydrogen (secondary N) is 1. The molecule has 0 atom stereocenters. The molecule has 7 heteroatoms. The molecule has 0 saturated heterocycles. The maximum absolute atomic E-state index is 11.3. The summed E-state index contributed by atoms with van der Waals surface area (Å²) in [7, 11) is 0. The monoisotopic (exact) mass is 458 g/mol. The van der Waals surface area contributed by atoms with Crippen molar-refractivity contribution >= 4 is 22.8 Å². The minimum absolute atomic E-state index is 0.142. The summed E-state index contributed by atoms with van der Waals surface area (Å²) in [5.41, 5.74) is 11.9. The van der Waals surface area contributed by atoms with E-state index in [0.29, 0.717) is 24.4 Å². The number of ether oxygens (including phenoxy) is 1. The second-order valence-electron chi connectivity index (χ2n) is 8.10. The van der Waals surface area contributed by atoms with Crippen LogP contribution >= 0.6 is 0 Å². The van der Waals surface area contributed by atoms with Gasteiger partial charge in [0.2, 0.25) is 5.91 Å². The highest BCUT2D eigenvalue weighted by molar-refractivity contribution is 5.93. The average Bonchev–Trinajstić information content (AvgIpc) is 3.30. The van der Waals surface area contributed by atoms with Crippen LogP contribution in [0.4, 0.5) is 0 Å². The normalized spacial score (nSPS) is 10.9. The summed E-state index contributed by atoms with van der Waals surface area (Å²) in [5, 5.41) is 13.0. The largest absolute Gasteiger partial charge is 0.489 e. The molecule has 174 valence electrons. The maximum Gasteiger partial charge on any atom is 0.307 e. The van der Waals surface area contributed by atoms with Crippen molar-refractivity contribution < 1.29 is 23.8 Å². The van der Waals surface area contributed by atoms with E-state index in [1.54, 1.807) is 24.5 Å². The molecule has 34 heavy (non-hydrogen) atoms. The number of hydrogen-bond donors (Lipinski definition) is 3. The fraction of sp³-hybridized carbons (Fsp3) is 0.185. The first-order chi connectivity index (χ1) is 16.4. The third-order valence-corrected chi connectivity index (χ3v) is 5.49. The summed E-state index contributed by atoms with van der Waals surface area (Å²) >= 11 is 0. The number of carbonyl (C=O) groups excluding carboxylic acids is 1. The van der Waals surface area contributed by atoms with Crippen molar-refractivity contribution in [2.24, 2.45) is 5.73 Å². The van der Waals surface area contributed by atoms with E-state index in [9.17, 15) is 14.7 Å². The molecule has 4 rings (SSSR count). The fourth-order valence-corrected chi connectivity index (χ4v) is 3.85. The van der Waals surface area contributed by atoms with Crippen LogP contribution in [-0.2, 0) is 35.7 Å². The molecular formula is C27H26N2O5. The summed E-state index contributed by atoms with van der Waals surface area (Å²) in [6, 6.07) is 19.2. The van der Waals surface area contributed by atoms with Crippen molar-refractivity contribution in [3.8, 4) is 16.9 Å². The van der Waals surface area contributed by atoms with Gasteiger partial charge in [-0.1, -0.05) is 30.3 Å². The highest BCUT2D eigenvalue weighted by atomic mass is 16.5. The molecule has 0 unspecified atom stereocenters. The lowest BCUT2D eigenvalue weighted by Crippen LogP contribution is -2.19. The Labute approximate surface area is 197 Å². The van der Waals surface area contributed by atoms with Crippen molar-refractivity contribution in [2.75, 3.05) is 0 Å². The van der Waals surface area contributed by atoms with Gasteiger partial charge in [0.15, 0.2) is 0 Å². The Hall–Kier alpha value is -4.10.